The van der Waals surface area contributed by atoms with Gasteiger partial charge < -0.3 is 10.2 Å². The van der Waals surface area contributed by atoms with Crippen molar-refractivity contribution < 1.29 is 15.0 Å². The highest BCUT2D eigenvalue weighted by Crippen LogP contribution is 2.38. The molecule has 2 aromatic carbocycles. The van der Waals surface area contributed by atoms with Crippen molar-refractivity contribution in [2.24, 2.45) is 4.99 Å². The van der Waals surface area contributed by atoms with Crippen LogP contribution in [0.1, 0.15) is 5.56 Å². The van der Waals surface area contributed by atoms with Crippen molar-refractivity contribution >= 4 is 51.1 Å². The van der Waals surface area contributed by atoms with Gasteiger partial charge in [-0.05, 0) is 47.7 Å². The fraction of sp³-hybridized carbons (Fsp3) is 0. The maximum Gasteiger partial charge on any atom is 0.271 e. The highest BCUT2D eigenvalue weighted by molar-refractivity contribution is 8.19. The average Bonchev–Trinajstić information content (AvgIpc) is 3.28. The lowest BCUT2D eigenvalue weighted by Crippen LogP contribution is -2.28. The number of carbonyl (C=O) groups excluding carboxylic acids is 1. The number of hydrogen-bond acceptors (Lipinski definition) is 7. The number of anilines is 1. The zero-order valence-electron chi connectivity index (χ0n) is 13.8. The molecule has 0 bridgehead atoms. The summed E-state index contributed by atoms with van der Waals surface area (Å²) in [5.41, 5.74) is 1.31. The summed E-state index contributed by atoms with van der Waals surface area (Å²) in [6, 6.07) is 13.7. The summed E-state index contributed by atoms with van der Waals surface area (Å²) in [5, 5.41) is 22.0. The number of benzene rings is 2. The highest BCUT2D eigenvalue weighted by atomic mass is 32.2. The third-order valence-electron chi connectivity index (χ3n) is 3.73. The Balaban J connectivity index is 1.76. The first-order chi connectivity index (χ1) is 13.1. The molecule has 2 N–H and O–H groups in total. The summed E-state index contributed by atoms with van der Waals surface area (Å²) < 4.78 is 0. The van der Waals surface area contributed by atoms with E-state index in [1.54, 1.807) is 18.3 Å². The van der Waals surface area contributed by atoms with Crippen LogP contribution >= 0.6 is 23.1 Å². The molecule has 1 aliphatic heterocycles. The number of nitrogens with zero attached hydrogens (tertiary/aromatic N) is 3. The van der Waals surface area contributed by atoms with Gasteiger partial charge in [-0.1, -0.05) is 24.3 Å². The molecule has 2 heterocycles. The monoisotopic (exact) mass is 395 g/mol. The van der Waals surface area contributed by atoms with Gasteiger partial charge in [0.2, 0.25) is 5.13 Å². The summed E-state index contributed by atoms with van der Waals surface area (Å²) in [5.74, 6) is -0.662. The minimum absolute atomic E-state index is 0.209. The molecule has 6 nitrogen and oxygen atoms in total. The fourth-order valence-corrected chi connectivity index (χ4v) is 4.03. The molecule has 27 heavy (non-hydrogen) atoms. The smallest absolute Gasteiger partial charge is 0.271 e. The van der Waals surface area contributed by atoms with Gasteiger partial charge >= 0.3 is 0 Å². The lowest BCUT2D eigenvalue weighted by Gasteiger charge is -2.14. The number of phenolic OH excluding ortho intramolecular Hbond substituents is 2. The molecular formula is C19H13N3O3S2. The minimum atomic E-state index is -0.239. The van der Waals surface area contributed by atoms with Crippen LogP contribution in [0.3, 0.4) is 0 Å². The van der Waals surface area contributed by atoms with E-state index in [4.69, 9.17) is 0 Å². The third-order valence-corrected chi connectivity index (χ3v) is 5.36. The second-order valence-electron chi connectivity index (χ2n) is 5.54. The molecule has 0 spiro atoms. The molecule has 1 aromatic heterocycles. The topological polar surface area (TPSA) is 86.0 Å². The number of aromatic hydroxyl groups is 2. The summed E-state index contributed by atoms with van der Waals surface area (Å²) in [6.45, 7) is 0. The first-order valence-corrected chi connectivity index (χ1v) is 9.60. The van der Waals surface area contributed by atoms with Gasteiger partial charge in [0, 0.05) is 11.6 Å². The number of rotatable bonds is 3. The Kier molecular flexibility index (Phi) is 4.66. The molecule has 134 valence electrons. The van der Waals surface area contributed by atoms with Gasteiger partial charge in [-0.2, -0.15) is 4.99 Å². The lowest BCUT2D eigenvalue weighted by molar-refractivity contribution is -0.113. The molecule has 0 saturated carbocycles. The van der Waals surface area contributed by atoms with E-state index in [1.807, 2.05) is 35.7 Å². The lowest BCUT2D eigenvalue weighted by atomic mass is 10.2. The van der Waals surface area contributed by atoms with Gasteiger partial charge in [0.25, 0.3) is 5.91 Å². The maximum atomic E-state index is 13.0. The van der Waals surface area contributed by atoms with E-state index in [-0.39, 0.29) is 17.4 Å². The number of aromatic nitrogens is 1. The first kappa shape index (κ1) is 17.3. The van der Waals surface area contributed by atoms with E-state index >= 15 is 0 Å². The van der Waals surface area contributed by atoms with Crippen molar-refractivity contribution in [3.63, 3.8) is 0 Å². The normalized spacial score (nSPS) is 17.2. The number of thiazole rings is 1. The zero-order chi connectivity index (χ0) is 18.8. The molecule has 3 aromatic rings. The molecule has 1 saturated heterocycles. The van der Waals surface area contributed by atoms with E-state index in [2.05, 4.69) is 9.98 Å². The van der Waals surface area contributed by atoms with E-state index < -0.39 is 0 Å². The molecule has 0 unspecified atom stereocenters. The average molecular weight is 395 g/mol. The Hall–Kier alpha value is -3.10. The van der Waals surface area contributed by atoms with Gasteiger partial charge in [-0.25, -0.2) is 4.98 Å². The van der Waals surface area contributed by atoms with Crippen molar-refractivity contribution in [2.75, 3.05) is 4.90 Å². The zero-order valence-corrected chi connectivity index (χ0v) is 15.4. The predicted octanol–water partition coefficient (Wildman–Crippen LogP) is 4.36. The van der Waals surface area contributed by atoms with Crippen molar-refractivity contribution in [1.82, 2.24) is 4.98 Å². The fourth-order valence-electron chi connectivity index (χ4n) is 2.49. The second-order valence-corrected chi connectivity index (χ2v) is 7.43. The predicted molar refractivity (Wildman–Crippen MR) is 108 cm³/mol. The Morgan fingerprint density at radius 2 is 1.89 bits per heavy atom. The summed E-state index contributed by atoms with van der Waals surface area (Å²) in [7, 11) is 0. The van der Waals surface area contributed by atoms with Gasteiger partial charge in [0.05, 0.1) is 10.6 Å². The molecule has 0 radical (unpaired) electrons. The van der Waals surface area contributed by atoms with Crippen molar-refractivity contribution in [3.05, 3.63) is 70.6 Å². The molecule has 8 heteroatoms. The van der Waals surface area contributed by atoms with Crippen molar-refractivity contribution in [1.29, 1.82) is 0 Å². The molecule has 4 rings (SSSR count). The molecule has 0 atom stereocenters. The number of amidine groups is 1. The quantitative estimate of drug-likeness (QED) is 0.508. The van der Waals surface area contributed by atoms with Crippen LogP contribution in [0.5, 0.6) is 11.5 Å². The van der Waals surface area contributed by atoms with E-state index in [0.717, 1.165) is 0 Å². The van der Waals surface area contributed by atoms with Gasteiger partial charge in [-0.15, -0.1) is 11.3 Å². The van der Waals surface area contributed by atoms with Crippen molar-refractivity contribution in [2.45, 2.75) is 0 Å². The number of phenols is 2. The number of amides is 1. The number of para-hydroxylation sites is 1. The number of thioether (sulfide) groups is 1. The summed E-state index contributed by atoms with van der Waals surface area (Å²) in [6.07, 6.45) is 3.32. The van der Waals surface area contributed by atoms with Crippen LogP contribution in [0.2, 0.25) is 0 Å². The van der Waals surface area contributed by atoms with E-state index in [0.29, 0.717) is 26.5 Å². The van der Waals surface area contributed by atoms with Crippen LogP contribution in [-0.4, -0.2) is 26.3 Å². The summed E-state index contributed by atoms with van der Waals surface area (Å²) in [4.78, 5) is 23.7. The number of aliphatic imine (C=N–C) groups is 1. The number of hydrogen-bond donors (Lipinski definition) is 2. The van der Waals surface area contributed by atoms with E-state index in [9.17, 15) is 15.0 Å². The Labute approximate surface area is 163 Å². The second kappa shape index (κ2) is 7.26. The van der Waals surface area contributed by atoms with Crippen LogP contribution in [-0.2, 0) is 4.79 Å². The van der Waals surface area contributed by atoms with Crippen LogP contribution in [0.25, 0.3) is 6.08 Å². The van der Waals surface area contributed by atoms with Crippen LogP contribution < -0.4 is 4.90 Å². The Bertz CT molecular complexity index is 1050. The maximum absolute atomic E-state index is 13.0. The van der Waals surface area contributed by atoms with Crippen LogP contribution in [0, 0.1) is 0 Å². The van der Waals surface area contributed by atoms with Gasteiger partial charge in [0.1, 0.15) is 0 Å². The standard InChI is InChI=1S/C19H13N3O3S2/c23-14-7-6-12(10-15(14)24)11-16-17(25)22(13-4-2-1-3-5-13)19(27-16)21-18-20-8-9-26-18/h1-11,23-24H/b16-11-,21-19+. The Morgan fingerprint density at radius 3 is 2.59 bits per heavy atom. The number of carbonyl (C=O) groups is 1. The largest absolute Gasteiger partial charge is 0.504 e. The van der Waals surface area contributed by atoms with Crippen molar-refractivity contribution in [3.8, 4) is 11.5 Å². The Morgan fingerprint density at radius 1 is 1.07 bits per heavy atom. The minimum Gasteiger partial charge on any atom is -0.504 e. The highest BCUT2D eigenvalue weighted by Gasteiger charge is 2.34. The molecule has 1 aliphatic rings. The molecule has 1 fully saturated rings. The van der Waals surface area contributed by atoms with Crippen LogP contribution in [0.15, 0.2) is 70.0 Å². The molecular weight excluding hydrogens is 382 g/mol. The SMILES string of the molecule is O=C1/C(=C/c2ccc(O)c(O)c2)S/C(=N/c2nccs2)N1c1ccccc1. The van der Waals surface area contributed by atoms with Gasteiger partial charge in [-0.3, -0.25) is 9.69 Å². The summed E-state index contributed by atoms with van der Waals surface area (Å²) >= 11 is 2.62. The molecule has 0 aliphatic carbocycles. The third kappa shape index (κ3) is 3.57. The first-order valence-electron chi connectivity index (χ1n) is 7.91. The van der Waals surface area contributed by atoms with E-state index in [1.165, 1.54) is 40.1 Å². The van der Waals surface area contributed by atoms with Gasteiger partial charge in [0.15, 0.2) is 16.7 Å². The van der Waals surface area contributed by atoms with Crippen LogP contribution in [0.4, 0.5) is 10.8 Å². The molecule has 1 amide bonds.